The lowest BCUT2D eigenvalue weighted by atomic mass is 10.0. The topological polar surface area (TPSA) is 53.1 Å². The first-order chi connectivity index (χ1) is 16.3. The molecule has 0 fully saturated rings. The van der Waals surface area contributed by atoms with Crippen molar-refractivity contribution in [1.82, 2.24) is 9.55 Å². The molecule has 2 N–H and O–H groups in total. The molecule has 33 heavy (non-hydrogen) atoms. The maximum atomic E-state index is 13.7. The summed E-state index contributed by atoms with van der Waals surface area (Å²) in [6, 6.07) is 30.4. The Labute approximate surface area is 192 Å². The normalized spacial score (nSPS) is 15.1. The summed E-state index contributed by atoms with van der Waals surface area (Å²) in [6.45, 7) is 0.691. The number of benzene rings is 3. The fourth-order valence-electron chi connectivity index (χ4n) is 4.76. The number of amides is 1. The lowest BCUT2D eigenvalue weighted by Gasteiger charge is -2.35. The zero-order valence-corrected chi connectivity index (χ0v) is 18.1. The Morgan fingerprint density at radius 3 is 2.52 bits per heavy atom. The van der Waals surface area contributed by atoms with Crippen molar-refractivity contribution in [2.45, 2.75) is 12.5 Å². The van der Waals surface area contributed by atoms with Crippen molar-refractivity contribution in [3.05, 3.63) is 115 Å². The molecule has 162 valence electrons. The van der Waals surface area contributed by atoms with Gasteiger partial charge < -0.3 is 19.8 Å². The van der Waals surface area contributed by atoms with Gasteiger partial charge in [-0.05, 0) is 72.0 Å². The van der Waals surface area contributed by atoms with E-state index in [0.717, 1.165) is 23.6 Å². The predicted octanol–water partition coefficient (Wildman–Crippen LogP) is 5.64. The second-order valence-electron chi connectivity index (χ2n) is 8.42. The highest BCUT2D eigenvalue weighted by atomic mass is 16.2. The van der Waals surface area contributed by atoms with Crippen LogP contribution in [0.2, 0.25) is 0 Å². The van der Waals surface area contributed by atoms with E-state index in [-0.39, 0.29) is 11.9 Å². The van der Waals surface area contributed by atoms with Crippen LogP contribution in [-0.2, 0) is 6.42 Å². The van der Waals surface area contributed by atoms with Gasteiger partial charge in [0.25, 0.3) is 5.91 Å². The monoisotopic (exact) mass is 432 g/mol. The van der Waals surface area contributed by atoms with E-state index in [1.54, 1.807) is 0 Å². The summed E-state index contributed by atoms with van der Waals surface area (Å²) in [4.78, 5) is 18.8. The summed E-state index contributed by atoms with van der Waals surface area (Å²) in [6.07, 6.45) is 4.83. The number of carbonyl (C=O) groups excluding carboxylic acids is 1. The van der Waals surface area contributed by atoms with Crippen LogP contribution in [0.1, 0.15) is 15.9 Å². The number of para-hydroxylation sites is 1. The number of H-pyrrole nitrogens is 1. The molecule has 6 rings (SSSR count). The van der Waals surface area contributed by atoms with Crippen LogP contribution in [0.4, 0.5) is 11.5 Å². The van der Waals surface area contributed by atoms with E-state index in [4.69, 9.17) is 0 Å². The van der Waals surface area contributed by atoms with Gasteiger partial charge in [0.15, 0.2) is 0 Å². The Hall–Kier alpha value is -4.25. The minimum absolute atomic E-state index is 0.0132. The van der Waals surface area contributed by atoms with Crippen LogP contribution in [-0.4, -0.2) is 28.0 Å². The highest BCUT2D eigenvalue weighted by Gasteiger charge is 2.30. The lowest BCUT2D eigenvalue weighted by molar-refractivity contribution is 0.0977. The summed E-state index contributed by atoms with van der Waals surface area (Å²) >= 11 is 0. The predicted molar refractivity (Wildman–Crippen MR) is 133 cm³/mol. The first-order valence-corrected chi connectivity index (χ1v) is 11.2. The minimum atomic E-state index is 0.0132. The van der Waals surface area contributed by atoms with Gasteiger partial charge in [-0.3, -0.25) is 4.79 Å². The largest absolute Gasteiger partial charge is 0.369 e. The first-order valence-electron chi connectivity index (χ1n) is 11.2. The van der Waals surface area contributed by atoms with Crippen molar-refractivity contribution < 1.29 is 4.79 Å². The molecule has 3 heterocycles. The average molecular weight is 433 g/mol. The third-order valence-electron chi connectivity index (χ3n) is 6.41. The van der Waals surface area contributed by atoms with Crippen molar-refractivity contribution >= 4 is 28.3 Å². The molecule has 5 heteroatoms. The summed E-state index contributed by atoms with van der Waals surface area (Å²) in [5, 5.41) is 4.66. The Balaban J connectivity index is 1.37. The van der Waals surface area contributed by atoms with Gasteiger partial charge in [0.05, 0.1) is 11.6 Å². The van der Waals surface area contributed by atoms with Crippen molar-refractivity contribution in [2.24, 2.45) is 0 Å². The molecule has 0 saturated carbocycles. The molecular weight excluding hydrogens is 408 g/mol. The molecule has 0 aliphatic carbocycles. The molecule has 1 aliphatic heterocycles. The standard InChI is InChI=1S/C28H24N4O/c33-28(21-7-2-1-3-8-21)32(25-18-22-14-16-29-27(22)30-19-25)24-12-10-23(11-13-24)31-17-15-20-6-4-5-9-26(20)31/h1-17,25,29-30H,18-19H2. The van der Waals surface area contributed by atoms with Crippen LogP contribution < -0.4 is 10.2 Å². The Morgan fingerprint density at radius 1 is 0.879 bits per heavy atom. The zero-order valence-electron chi connectivity index (χ0n) is 18.1. The van der Waals surface area contributed by atoms with E-state index in [1.165, 1.54) is 16.5 Å². The quantitative estimate of drug-likeness (QED) is 0.386. The number of nitrogens with zero attached hydrogens (tertiary/aromatic N) is 2. The average Bonchev–Trinajstić information content (AvgIpc) is 3.52. The zero-order chi connectivity index (χ0) is 22.2. The third-order valence-corrected chi connectivity index (χ3v) is 6.41. The molecule has 2 aromatic heterocycles. The van der Waals surface area contributed by atoms with Crippen LogP contribution in [0.15, 0.2) is 103 Å². The van der Waals surface area contributed by atoms with Gasteiger partial charge in [-0.25, -0.2) is 0 Å². The molecule has 1 aliphatic rings. The summed E-state index contributed by atoms with van der Waals surface area (Å²) in [5.74, 6) is 1.06. The molecule has 0 bridgehead atoms. The lowest BCUT2D eigenvalue weighted by Crippen LogP contribution is -2.47. The van der Waals surface area contributed by atoms with Crippen LogP contribution in [0.3, 0.4) is 0 Å². The molecule has 0 saturated heterocycles. The van der Waals surface area contributed by atoms with Crippen LogP contribution >= 0.6 is 0 Å². The van der Waals surface area contributed by atoms with E-state index < -0.39 is 0 Å². The summed E-state index contributed by atoms with van der Waals surface area (Å²) < 4.78 is 2.18. The number of aromatic nitrogens is 2. The molecular formula is C28H24N4O. The van der Waals surface area contributed by atoms with Gasteiger partial charge in [0, 0.05) is 35.9 Å². The van der Waals surface area contributed by atoms with Gasteiger partial charge in [0.1, 0.15) is 5.82 Å². The number of rotatable bonds is 4. The molecule has 5 aromatic rings. The fourth-order valence-corrected chi connectivity index (χ4v) is 4.76. The smallest absolute Gasteiger partial charge is 0.258 e. The van der Waals surface area contributed by atoms with Gasteiger partial charge in [-0.1, -0.05) is 36.4 Å². The number of anilines is 2. The van der Waals surface area contributed by atoms with Gasteiger partial charge >= 0.3 is 0 Å². The van der Waals surface area contributed by atoms with Crippen molar-refractivity contribution in [2.75, 3.05) is 16.8 Å². The van der Waals surface area contributed by atoms with E-state index in [9.17, 15) is 4.79 Å². The number of aromatic amines is 1. The van der Waals surface area contributed by atoms with Crippen LogP contribution in [0.5, 0.6) is 0 Å². The first kappa shape index (κ1) is 19.4. The van der Waals surface area contributed by atoms with Crippen LogP contribution in [0.25, 0.3) is 16.6 Å². The SMILES string of the molecule is O=C(c1ccccc1)N(c1ccc(-n2ccc3ccccc32)cc1)C1CNc2[nH]ccc2C1. The summed E-state index contributed by atoms with van der Waals surface area (Å²) in [7, 11) is 0. The Kier molecular flexibility index (Phi) is 4.73. The van der Waals surface area contributed by atoms with E-state index in [2.05, 4.69) is 81.7 Å². The molecule has 1 unspecified atom stereocenters. The number of carbonyl (C=O) groups is 1. The molecule has 1 amide bonds. The van der Waals surface area contributed by atoms with Gasteiger partial charge in [-0.2, -0.15) is 0 Å². The second kappa shape index (κ2) is 8.02. The van der Waals surface area contributed by atoms with Crippen molar-refractivity contribution in [3.63, 3.8) is 0 Å². The van der Waals surface area contributed by atoms with Crippen molar-refractivity contribution in [1.29, 1.82) is 0 Å². The molecule has 3 aromatic carbocycles. The van der Waals surface area contributed by atoms with E-state index in [0.29, 0.717) is 12.1 Å². The number of hydrogen-bond donors (Lipinski definition) is 2. The Morgan fingerprint density at radius 2 is 1.67 bits per heavy atom. The number of nitrogens with one attached hydrogen (secondary N) is 2. The Bertz CT molecular complexity index is 1420. The second-order valence-corrected chi connectivity index (χ2v) is 8.42. The number of hydrogen-bond acceptors (Lipinski definition) is 2. The van der Waals surface area contributed by atoms with E-state index in [1.807, 2.05) is 41.4 Å². The molecule has 5 nitrogen and oxygen atoms in total. The highest BCUT2D eigenvalue weighted by Crippen LogP contribution is 2.29. The number of fused-ring (bicyclic) bond motifs is 2. The summed E-state index contributed by atoms with van der Waals surface area (Å²) in [5.41, 5.74) is 5.03. The molecule has 0 radical (unpaired) electrons. The maximum Gasteiger partial charge on any atom is 0.258 e. The van der Waals surface area contributed by atoms with Crippen LogP contribution in [0, 0.1) is 0 Å². The van der Waals surface area contributed by atoms with Gasteiger partial charge in [-0.15, -0.1) is 0 Å². The van der Waals surface area contributed by atoms with Crippen molar-refractivity contribution in [3.8, 4) is 5.69 Å². The molecule has 1 atom stereocenters. The highest BCUT2D eigenvalue weighted by molar-refractivity contribution is 6.06. The molecule has 0 spiro atoms. The fraction of sp³-hybridized carbons (Fsp3) is 0.107. The van der Waals surface area contributed by atoms with E-state index >= 15 is 0 Å². The maximum absolute atomic E-state index is 13.7. The van der Waals surface area contributed by atoms with Gasteiger partial charge in [0.2, 0.25) is 0 Å². The third kappa shape index (κ3) is 3.48. The minimum Gasteiger partial charge on any atom is -0.369 e.